The van der Waals surface area contributed by atoms with Gasteiger partial charge in [-0.1, -0.05) is 0 Å². The molecule has 0 atom stereocenters. The fourth-order valence-corrected chi connectivity index (χ4v) is 2.03. The highest BCUT2D eigenvalue weighted by atomic mass is 79.9. The number of carbonyl (C=O) groups excluding carboxylic acids is 1. The lowest BCUT2D eigenvalue weighted by Crippen LogP contribution is -2.23. The van der Waals surface area contributed by atoms with Gasteiger partial charge in [0.15, 0.2) is 0 Å². The van der Waals surface area contributed by atoms with E-state index in [1.54, 1.807) is 18.2 Å². The number of pyridine rings is 1. The summed E-state index contributed by atoms with van der Waals surface area (Å²) in [6.07, 6.45) is 1.39. The van der Waals surface area contributed by atoms with E-state index in [1.165, 1.54) is 18.3 Å². The van der Waals surface area contributed by atoms with Crippen LogP contribution in [0.15, 0.2) is 41.0 Å². The molecule has 4 N–H and O–H groups in total. The van der Waals surface area contributed by atoms with Crippen molar-refractivity contribution >= 4 is 33.5 Å². The van der Waals surface area contributed by atoms with Crippen molar-refractivity contribution in [2.75, 3.05) is 5.73 Å². The summed E-state index contributed by atoms with van der Waals surface area (Å²) in [6, 6.07) is 7.66. The van der Waals surface area contributed by atoms with Gasteiger partial charge in [0.05, 0.1) is 17.8 Å². The Morgan fingerprint density at radius 2 is 2.00 bits per heavy atom. The third-order valence-electron chi connectivity index (χ3n) is 2.76. The Bertz CT molecular complexity index is 704. The average Bonchev–Trinajstić information content (AvgIpc) is 2.48. The molecule has 1 aromatic carbocycles. The number of rotatable bonds is 4. The van der Waals surface area contributed by atoms with E-state index in [0.29, 0.717) is 21.4 Å². The van der Waals surface area contributed by atoms with Gasteiger partial charge in [-0.05, 0) is 46.3 Å². The lowest BCUT2D eigenvalue weighted by molar-refractivity contribution is 0.0696. The number of aromatic nitrogens is 1. The highest BCUT2D eigenvalue weighted by molar-refractivity contribution is 9.10. The molecule has 1 amide bonds. The van der Waals surface area contributed by atoms with Crippen LogP contribution in [0.2, 0.25) is 0 Å². The number of benzene rings is 1. The summed E-state index contributed by atoms with van der Waals surface area (Å²) in [7, 11) is 0. The summed E-state index contributed by atoms with van der Waals surface area (Å²) in [6.45, 7) is 0.141. The van der Waals surface area contributed by atoms with Crippen molar-refractivity contribution in [2.45, 2.75) is 6.54 Å². The van der Waals surface area contributed by atoms with E-state index in [0.717, 1.165) is 0 Å². The number of amides is 1. The third-order valence-corrected chi connectivity index (χ3v) is 3.44. The molecule has 0 fully saturated rings. The smallest absolute Gasteiger partial charge is 0.335 e. The van der Waals surface area contributed by atoms with Crippen LogP contribution in [-0.2, 0) is 6.54 Å². The third kappa shape index (κ3) is 3.79. The summed E-state index contributed by atoms with van der Waals surface area (Å²) in [5.74, 6) is -1.33. The van der Waals surface area contributed by atoms with Crippen LogP contribution in [0.25, 0.3) is 0 Å². The van der Waals surface area contributed by atoms with Gasteiger partial charge in [0.25, 0.3) is 5.91 Å². The zero-order valence-corrected chi connectivity index (χ0v) is 12.4. The topological polar surface area (TPSA) is 105 Å². The number of carboxylic acids is 1. The second-order valence-corrected chi connectivity index (χ2v) is 5.11. The monoisotopic (exact) mass is 349 g/mol. The van der Waals surface area contributed by atoms with Gasteiger partial charge in [0.1, 0.15) is 0 Å². The van der Waals surface area contributed by atoms with Crippen LogP contribution >= 0.6 is 15.9 Å². The number of hydrogen-bond donors (Lipinski definition) is 3. The number of nitrogens with one attached hydrogen (secondary N) is 1. The highest BCUT2D eigenvalue weighted by Crippen LogP contribution is 2.20. The van der Waals surface area contributed by atoms with Crippen LogP contribution in [0.5, 0.6) is 0 Å². The fraction of sp³-hybridized carbons (Fsp3) is 0.0714. The number of nitrogens with two attached hydrogens (primary N) is 1. The summed E-state index contributed by atoms with van der Waals surface area (Å²) in [5, 5.41) is 11.6. The first-order chi connectivity index (χ1) is 9.97. The molecule has 7 heteroatoms. The van der Waals surface area contributed by atoms with Crippen molar-refractivity contribution in [2.24, 2.45) is 0 Å². The van der Waals surface area contributed by atoms with Gasteiger partial charge in [-0.15, -0.1) is 0 Å². The molecule has 2 aromatic rings. The van der Waals surface area contributed by atoms with E-state index < -0.39 is 5.97 Å². The minimum Gasteiger partial charge on any atom is -0.478 e. The Morgan fingerprint density at radius 1 is 1.24 bits per heavy atom. The van der Waals surface area contributed by atoms with Gasteiger partial charge in [-0.3, -0.25) is 9.78 Å². The second kappa shape index (κ2) is 6.36. The lowest BCUT2D eigenvalue weighted by Gasteiger charge is -2.07. The summed E-state index contributed by atoms with van der Waals surface area (Å²) in [4.78, 5) is 26.8. The minimum atomic E-state index is -1.03. The Kier molecular flexibility index (Phi) is 4.54. The van der Waals surface area contributed by atoms with Crippen LogP contribution in [0.4, 0.5) is 5.69 Å². The van der Waals surface area contributed by atoms with Gasteiger partial charge in [-0.2, -0.15) is 0 Å². The van der Waals surface area contributed by atoms with Gasteiger partial charge < -0.3 is 16.2 Å². The maximum absolute atomic E-state index is 12.0. The number of nitrogen functional groups attached to an aromatic ring is 1. The zero-order valence-electron chi connectivity index (χ0n) is 10.8. The average molecular weight is 350 g/mol. The molecular formula is C14H12BrN3O3. The zero-order chi connectivity index (χ0) is 15.4. The van der Waals surface area contributed by atoms with E-state index in [2.05, 4.69) is 26.2 Å². The number of anilines is 1. The Labute approximate surface area is 129 Å². The molecular weight excluding hydrogens is 338 g/mol. The number of hydrogen-bond acceptors (Lipinski definition) is 4. The number of carboxylic acid groups (broad SMARTS) is 1. The van der Waals surface area contributed by atoms with Crippen LogP contribution in [0.1, 0.15) is 26.4 Å². The Morgan fingerprint density at radius 3 is 2.67 bits per heavy atom. The molecule has 108 valence electrons. The van der Waals surface area contributed by atoms with Gasteiger partial charge in [-0.25, -0.2) is 4.79 Å². The molecule has 0 radical (unpaired) electrons. The van der Waals surface area contributed by atoms with Crippen molar-refractivity contribution in [1.82, 2.24) is 10.3 Å². The molecule has 2 rings (SSSR count). The molecule has 0 aliphatic rings. The van der Waals surface area contributed by atoms with Crippen molar-refractivity contribution in [1.29, 1.82) is 0 Å². The van der Waals surface area contributed by atoms with Crippen molar-refractivity contribution < 1.29 is 14.7 Å². The minimum absolute atomic E-state index is 0.129. The maximum Gasteiger partial charge on any atom is 0.335 e. The molecule has 0 spiro atoms. The molecule has 0 bridgehead atoms. The van der Waals surface area contributed by atoms with E-state index in [-0.39, 0.29) is 18.0 Å². The summed E-state index contributed by atoms with van der Waals surface area (Å²) >= 11 is 3.25. The first-order valence-electron chi connectivity index (χ1n) is 5.99. The van der Waals surface area contributed by atoms with Gasteiger partial charge >= 0.3 is 5.97 Å². The maximum atomic E-state index is 12.0. The number of aromatic carboxylic acids is 1. The number of nitrogens with zero attached hydrogens (tertiary/aromatic N) is 1. The molecule has 0 saturated heterocycles. The molecule has 21 heavy (non-hydrogen) atoms. The first kappa shape index (κ1) is 15.0. The predicted octanol–water partition coefficient (Wildman–Crippen LogP) is 2.05. The van der Waals surface area contributed by atoms with E-state index in [9.17, 15) is 9.59 Å². The van der Waals surface area contributed by atoms with E-state index in [1.807, 2.05) is 0 Å². The van der Waals surface area contributed by atoms with Crippen LogP contribution < -0.4 is 11.1 Å². The van der Waals surface area contributed by atoms with Crippen molar-refractivity contribution in [3.63, 3.8) is 0 Å². The van der Waals surface area contributed by atoms with E-state index >= 15 is 0 Å². The van der Waals surface area contributed by atoms with Crippen LogP contribution in [0.3, 0.4) is 0 Å². The summed E-state index contributed by atoms with van der Waals surface area (Å²) < 4.78 is 0.640. The lowest BCUT2D eigenvalue weighted by atomic mass is 10.2. The first-order valence-corrected chi connectivity index (χ1v) is 6.78. The predicted molar refractivity (Wildman–Crippen MR) is 80.9 cm³/mol. The fourth-order valence-electron chi connectivity index (χ4n) is 1.65. The Hall–Kier alpha value is -2.41. The number of carbonyl (C=O) groups is 2. The van der Waals surface area contributed by atoms with Crippen LogP contribution in [0, 0.1) is 0 Å². The molecule has 0 aliphatic heterocycles. The SMILES string of the molecule is Nc1ccc(C(=O)NCc2cc(C(=O)O)ccn2)cc1Br. The van der Waals surface area contributed by atoms with Crippen LogP contribution in [-0.4, -0.2) is 22.0 Å². The second-order valence-electron chi connectivity index (χ2n) is 4.26. The number of halogens is 1. The van der Waals surface area contributed by atoms with Crippen molar-refractivity contribution in [3.05, 3.63) is 57.8 Å². The molecule has 0 unspecified atom stereocenters. The standard InChI is InChI=1S/C14H12BrN3O3/c15-11-6-8(1-2-12(11)16)13(19)18-7-10-5-9(14(20)21)3-4-17-10/h1-6H,7,16H2,(H,18,19)(H,20,21). The molecule has 0 aliphatic carbocycles. The van der Waals surface area contributed by atoms with Crippen molar-refractivity contribution in [3.8, 4) is 0 Å². The molecule has 1 aromatic heterocycles. The highest BCUT2D eigenvalue weighted by Gasteiger charge is 2.09. The Balaban J connectivity index is 2.05. The normalized spacial score (nSPS) is 10.1. The molecule has 1 heterocycles. The largest absolute Gasteiger partial charge is 0.478 e. The molecule has 0 saturated carbocycles. The quantitative estimate of drug-likeness (QED) is 0.732. The molecule has 6 nitrogen and oxygen atoms in total. The summed E-state index contributed by atoms with van der Waals surface area (Å²) in [5.41, 5.74) is 7.25. The van der Waals surface area contributed by atoms with Gasteiger partial charge in [0, 0.05) is 21.9 Å². The van der Waals surface area contributed by atoms with E-state index in [4.69, 9.17) is 10.8 Å². The van der Waals surface area contributed by atoms with Gasteiger partial charge in [0.2, 0.25) is 0 Å².